The molecule has 0 bridgehead atoms. The van der Waals surface area contributed by atoms with Crippen molar-refractivity contribution in [3.8, 4) is 0 Å². The fourth-order valence-corrected chi connectivity index (χ4v) is 4.37. The second-order valence-electron chi connectivity index (χ2n) is 8.83. The van der Waals surface area contributed by atoms with E-state index in [4.69, 9.17) is 22.3 Å². The maximum absolute atomic E-state index is 12.8. The Balaban J connectivity index is 1.57. The summed E-state index contributed by atoms with van der Waals surface area (Å²) in [6, 6.07) is 8.05. The number of carbonyl (C=O) groups excluding carboxylic acids is 2. The summed E-state index contributed by atoms with van der Waals surface area (Å²) in [4.78, 5) is 42.5. The van der Waals surface area contributed by atoms with Crippen molar-refractivity contribution >= 4 is 34.4 Å². The van der Waals surface area contributed by atoms with Crippen molar-refractivity contribution in [1.29, 1.82) is 0 Å². The van der Waals surface area contributed by atoms with Crippen LogP contribution in [0.15, 0.2) is 49.1 Å². The van der Waals surface area contributed by atoms with E-state index in [1.54, 1.807) is 4.90 Å². The van der Waals surface area contributed by atoms with E-state index in [9.17, 15) is 9.59 Å². The minimum absolute atomic E-state index is 0.0455. The van der Waals surface area contributed by atoms with Gasteiger partial charge in [-0.05, 0) is 25.0 Å². The van der Waals surface area contributed by atoms with E-state index >= 15 is 0 Å². The Labute approximate surface area is 215 Å². The topological polar surface area (TPSA) is 173 Å². The van der Waals surface area contributed by atoms with Crippen LogP contribution >= 0.6 is 0 Å². The molecule has 1 aromatic carbocycles. The van der Waals surface area contributed by atoms with Crippen molar-refractivity contribution in [3.63, 3.8) is 0 Å². The van der Waals surface area contributed by atoms with Gasteiger partial charge in [-0.1, -0.05) is 18.2 Å². The van der Waals surface area contributed by atoms with Crippen LogP contribution in [0, 0.1) is 6.92 Å². The number of amides is 2. The van der Waals surface area contributed by atoms with E-state index in [2.05, 4.69) is 20.2 Å². The number of carbonyl (C=O) groups is 2. The largest absolute Gasteiger partial charge is 0.403 e. The zero-order valence-corrected chi connectivity index (χ0v) is 20.8. The summed E-state index contributed by atoms with van der Waals surface area (Å²) in [5, 5.41) is 5.15. The minimum Gasteiger partial charge on any atom is -0.403 e. The molecule has 0 atom stereocenters. The fraction of sp³-hybridized carbons (Fsp3) is 0.320. The number of nitrogens with zero attached hydrogens (tertiary/aromatic N) is 6. The Bertz CT molecular complexity index is 1310. The Morgan fingerprint density at radius 1 is 1.16 bits per heavy atom. The maximum atomic E-state index is 12.8. The highest BCUT2D eigenvalue weighted by Crippen LogP contribution is 2.27. The molecule has 1 aliphatic rings. The lowest BCUT2D eigenvalue weighted by Gasteiger charge is -2.26. The molecule has 2 aromatic heterocycles. The highest BCUT2D eigenvalue weighted by Gasteiger charge is 2.23. The highest BCUT2D eigenvalue weighted by atomic mass is 16.2. The maximum Gasteiger partial charge on any atom is 0.273 e. The predicted octanol–water partition coefficient (Wildman–Crippen LogP) is 0.490. The number of nitrogens with two attached hydrogens (primary N) is 3. The van der Waals surface area contributed by atoms with Crippen LogP contribution in [-0.4, -0.2) is 69.4 Å². The van der Waals surface area contributed by atoms with Gasteiger partial charge in [0.25, 0.3) is 5.91 Å². The third-order valence-corrected chi connectivity index (χ3v) is 6.23. The average Bonchev–Trinajstić information content (AvgIpc) is 3.14. The van der Waals surface area contributed by atoms with E-state index < -0.39 is 5.91 Å². The van der Waals surface area contributed by atoms with Crippen molar-refractivity contribution < 1.29 is 9.59 Å². The summed E-state index contributed by atoms with van der Waals surface area (Å²) in [7, 11) is 0. The van der Waals surface area contributed by atoms with E-state index in [1.807, 2.05) is 31.2 Å². The molecule has 4 rings (SSSR count). The number of hydrogen-bond donors (Lipinski definition) is 4. The number of pyridine rings is 1. The lowest BCUT2D eigenvalue weighted by molar-refractivity contribution is -0.131. The number of rotatable bonds is 7. The van der Waals surface area contributed by atoms with Gasteiger partial charge in [0.1, 0.15) is 12.4 Å². The van der Waals surface area contributed by atoms with Crippen molar-refractivity contribution in [2.45, 2.75) is 19.9 Å². The smallest absolute Gasteiger partial charge is 0.273 e. The zero-order chi connectivity index (χ0) is 26.4. The van der Waals surface area contributed by atoms with Crippen molar-refractivity contribution in [2.24, 2.45) is 11.6 Å². The van der Waals surface area contributed by atoms with Crippen LogP contribution in [0.5, 0.6) is 0 Å². The Morgan fingerprint density at radius 2 is 1.97 bits per heavy atom. The molecule has 2 amide bonds. The van der Waals surface area contributed by atoms with Crippen LogP contribution in [0.1, 0.15) is 28.0 Å². The van der Waals surface area contributed by atoms with Gasteiger partial charge >= 0.3 is 0 Å². The van der Waals surface area contributed by atoms with Crippen molar-refractivity contribution in [2.75, 3.05) is 43.4 Å². The van der Waals surface area contributed by atoms with Gasteiger partial charge in [0.15, 0.2) is 11.5 Å². The van der Waals surface area contributed by atoms with Gasteiger partial charge in [-0.2, -0.15) is 0 Å². The highest BCUT2D eigenvalue weighted by molar-refractivity contribution is 5.96. The molecular formula is C25H32N10O2. The number of para-hydroxylation sites is 1. The third-order valence-electron chi connectivity index (χ3n) is 6.23. The molecule has 0 spiro atoms. The quantitative estimate of drug-likeness (QED) is 0.262. The lowest BCUT2D eigenvalue weighted by Crippen LogP contribution is -2.42. The first-order valence-electron chi connectivity index (χ1n) is 12.0. The normalized spacial score (nSPS) is 14.1. The van der Waals surface area contributed by atoms with E-state index in [-0.39, 0.29) is 30.5 Å². The number of benzene rings is 1. The molecule has 3 heterocycles. The van der Waals surface area contributed by atoms with E-state index in [0.717, 1.165) is 34.3 Å². The number of fused-ring (bicyclic) bond motifs is 1. The number of anilines is 2. The second-order valence-corrected chi connectivity index (χ2v) is 8.83. The van der Waals surface area contributed by atoms with Crippen molar-refractivity contribution in [1.82, 2.24) is 30.2 Å². The molecule has 12 heteroatoms. The number of hydrazine groups is 1. The molecule has 3 aromatic rings. The number of aromatic nitrogens is 3. The number of nitrogens with one attached hydrogen (secondary N) is 1. The van der Waals surface area contributed by atoms with E-state index in [0.29, 0.717) is 26.2 Å². The summed E-state index contributed by atoms with van der Waals surface area (Å²) >= 11 is 0. The van der Waals surface area contributed by atoms with Gasteiger partial charge in [0.2, 0.25) is 5.91 Å². The average molecular weight is 505 g/mol. The number of nitrogen functional groups attached to an aromatic ring is 1. The zero-order valence-electron chi connectivity index (χ0n) is 20.8. The third kappa shape index (κ3) is 6.04. The van der Waals surface area contributed by atoms with Gasteiger partial charge < -0.3 is 31.6 Å². The molecule has 37 heavy (non-hydrogen) atoms. The monoisotopic (exact) mass is 504 g/mol. The molecule has 12 nitrogen and oxygen atoms in total. The number of hydrogen-bond acceptors (Lipinski definition) is 10. The van der Waals surface area contributed by atoms with Crippen LogP contribution in [-0.2, 0) is 11.3 Å². The molecule has 0 radical (unpaired) electrons. The molecule has 1 aliphatic heterocycles. The molecule has 0 unspecified atom stereocenters. The first kappa shape index (κ1) is 25.6. The lowest BCUT2D eigenvalue weighted by atomic mass is 10.1. The van der Waals surface area contributed by atoms with E-state index in [1.165, 1.54) is 29.8 Å². The van der Waals surface area contributed by atoms with Gasteiger partial charge in [-0.3, -0.25) is 9.59 Å². The summed E-state index contributed by atoms with van der Waals surface area (Å²) in [6.07, 6.45) is 6.38. The molecule has 1 saturated heterocycles. The molecule has 0 aliphatic carbocycles. The Hall–Kier alpha value is -4.45. The fourth-order valence-electron chi connectivity index (χ4n) is 4.37. The van der Waals surface area contributed by atoms with Gasteiger partial charge in [0, 0.05) is 68.5 Å². The summed E-state index contributed by atoms with van der Waals surface area (Å²) in [5.41, 5.74) is 14.1. The van der Waals surface area contributed by atoms with Crippen LogP contribution in [0.4, 0.5) is 11.6 Å². The first-order valence-corrected chi connectivity index (χ1v) is 12.0. The summed E-state index contributed by atoms with van der Waals surface area (Å²) < 4.78 is 0. The molecule has 194 valence electrons. The van der Waals surface area contributed by atoms with Crippen LogP contribution in [0.3, 0.4) is 0 Å². The van der Waals surface area contributed by atoms with Gasteiger partial charge in [-0.15, -0.1) is 0 Å². The van der Waals surface area contributed by atoms with Crippen LogP contribution in [0.25, 0.3) is 10.9 Å². The SMILES string of the molecule is Cc1cccc2cc(CNC(=O)c3nccnc3N)c(N3CCCN(C(=O)CN(N)/C=C\N)CC3)nc12. The van der Waals surface area contributed by atoms with Crippen LogP contribution < -0.4 is 27.5 Å². The summed E-state index contributed by atoms with van der Waals surface area (Å²) in [6.45, 7) is 4.73. The standard InChI is InChI=1S/C25H32N10O2/c1-17-4-2-5-18-14-19(15-31-25(37)22-23(27)30-8-7-29-22)24(32-21(17)18)34-10-3-9-33(12-13-34)20(36)16-35(28)11-6-26/h2,4-8,11,14H,3,9-10,12-13,15-16,26,28H2,1H3,(H2,27,30)(H,31,37)/b11-6-. The van der Waals surface area contributed by atoms with Gasteiger partial charge in [0.05, 0.1) is 5.52 Å². The second kappa shape index (κ2) is 11.5. The predicted molar refractivity (Wildman–Crippen MR) is 142 cm³/mol. The summed E-state index contributed by atoms with van der Waals surface area (Å²) in [5.74, 6) is 6.16. The molecule has 1 fully saturated rings. The molecular weight excluding hydrogens is 472 g/mol. The van der Waals surface area contributed by atoms with Crippen molar-refractivity contribution in [3.05, 3.63) is 65.9 Å². The Morgan fingerprint density at radius 3 is 2.76 bits per heavy atom. The van der Waals surface area contributed by atoms with Gasteiger partial charge in [-0.25, -0.2) is 20.8 Å². The molecule has 7 N–H and O–H groups in total. The number of aryl methyl sites for hydroxylation is 1. The van der Waals surface area contributed by atoms with Crippen LogP contribution in [0.2, 0.25) is 0 Å². The first-order chi connectivity index (χ1) is 17.9. The Kier molecular flexibility index (Phi) is 7.98. The minimum atomic E-state index is -0.411. The molecule has 0 saturated carbocycles.